The zero-order valence-electron chi connectivity index (χ0n) is 11.6. The number of hydrogen-bond donors (Lipinski definition) is 2. The van der Waals surface area contributed by atoms with Crippen LogP contribution in [-0.2, 0) is 10.2 Å². The van der Waals surface area contributed by atoms with Gasteiger partial charge in [0.25, 0.3) is 0 Å². The molecule has 3 nitrogen and oxygen atoms in total. The van der Waals surface area contributed by atoms with E-state index in [1.807, 2.05) is 44.2 Å². The molecule has 112 valence electrons. The second kappa shape index (κ2) is 6.74. The van der Waals surface area contributed by atoms with Gasteiger partial charge >= 0.3 is 6.18 Å². The number of nitrogens with one attached hydrogen (secondary N) is 2. The van der Waals surface area contributed by atoms with Gasteiger partial charge in [-0.1, -0.05) is 44.2 Å². The Balaban J connectivity index is 2.37. The van der Waals surface area contributed by atoms with Crippen LogP contribution in [0.2, 0.25) is 0 Å². The zero-order valence-corrected chi connectivity index (χ0v) is 11.6. The second-order valence-electron chi connectivity index (χ2n) is 5.25. The summed E-state index contributed by atoms with van der Waals surface area (Å²) in [6, 6.07) is 9.62. The summed E-state index contributed by atoms with van der Waals surface area (Å²) in [7, 11) is 0. The molecule has 20 heavy (non-hydrogen) atoms. The van der Waals surface area contributed by atoms with Crippen molar-refractivity contribution in [3.8, 4) is 0 Å². The molecule has 0 spiro atoms. The van der Waals surface area contributed by atoms with Crippen LogP contribution in [0, 0.1) is 0 Å². The van der Waals surface area contributed by atoms with Gasteiger partial charge in [0.2, 0.25) is 5.91 Å². The third-order valence-electron chi connectivity index (χ3n) is 2.89. The van der Waals surface area contributed by atoms with Crippen LogP contribution in [0.3, 0.4) is 0 Å². The number of rotatable bonds is 6. The molecule has 1 aromatic carbocycles. The zero-order chi connectivity index (χ0) is 15.2. The quantitative estimate of drug-likeness (QED) is 0.843. The molecule has 6 heteroatoms. The first-order valence-electron chi connectivity index (χ1n) is 6.30. The summed E-state index contributed by atoms with van der Waals surface area (Å²) >= 11 is 0. The summed E-state index contributed by atoms with van der Waals surface area (Å²) in [6.07, 6.45) is -4.30. The van der Waals surface area contributed by atoms with E-state index >= 15 is 0 Å². The predicted molar refractivity (Wildman–Crippen MR) is 71.4 cm³/mol. The van der Waals surface area contributed by atoms with E-state index in [9.17, 15) is 18.0 Å². The lowest BCUT2D eigenvalue weighted by molar-refractivity contribution is -0.128. The van der Waals surface area contributed by atoms with Crippen LogP contribution >= 0.6 is 0 Å². The van der Waals surface area contributed by atoms with Crippen LogP contribution < -0.4 is 10.6 Å². The third kappa shape index (κ3) is 6.06. The maximum absolute atomic E-state index is 11.9. The molecule has 0 saturated heterocycles. The number of hydrogen-bond acceptors (Lipinski definition) is 2. The van der Waals surface area contributed by atoms with E-state index in [0.717, 1.165) is 5.56 Å². The van der Waals surface area contributed by atoms with Gasteiger partial charge in [0.05, 0.1) is 13.1 Å². The molecule has 1 rings (SSSR count). The van der Waals surface area contributed by atoms with E-state index in [0.29, 0.717) is 6.54 Å². The fraction of sp³-hybridized carbons (Fsp3) is 0.500. The van der Waals surface area contributed by atoms with Crippen LogP contribution in [0.15, 0.2) is 30.3 Å². The summed E-state index contributed by atoms with van der Waals surface area (Å²) in [6.45, 7) is 2.79. The number of halogens is 3. The van der Waals surface area contributed by atoms with E-state index in [1.54, 1.807) is 0 Å². The standard InChI is InChI=1S/C14H19F3N2O/c1-13(2,11-6-4-3-5-7-11)9-19-12(20)8-18-10-14(15,16)17/h3-7,18H,8-10H2,1-2H3,(H,19,20). The summed E-state index contributed by atoms with van der Waals surface area (Å²) in [5, 5.41) is 4.70. The van der Waals surface area contributed by atoms with E-state index in [2.05, 4.69) is 10.6 Å². The van der Waals surface area contributed by atoms with Crippen molar-refractivity contribution in [2.75, 3.05) is 19.6 Å². The van der Waals surface area contributed by atoms with Gasteiger partial charge in [-0.15, -0.1) is 0 Å². The molecule has 0 aliphatic rings. The molecule has 0 radical (unpaired) electrons. The predicted octanol–water partition coefficient (Wildman–Crippen LogP) is 2.23. The third-order valence-corrected chi connectivity index (χ3v) is 2.89. The fourth-order valence-corrected chi connectivity index (χ4v) is 1.69. The van der Waals surface area contributed by atoms with Crippen molar-refractivity contribution in [2.45, 2.75) is 25.4 Å². The highest BCUT2D eigenvalue weighted by Gasteiger charge is 2.27. The van der Waals surface area contributed by atoms with Gasteiger partial charge in [-0.05, 0) is 5.56 Å². The van der Waals surface area contributed by atoms with Crippen molar-refractivity contribution in [1.82, 2.24) is 10.6 Å². The van der Waals surface area contributed by atoms with E-state index in [1.165, 1.54) is 0 Å². The molecule has 0 saturated carbocycles. The molecule has 0 fully saturated rings. The van der Waals surface area contributed by atoms with Crippen LogP contribution in [0.4, 0.5) is 13.2 Å². The van der Waals surface area contributed by atoms with Gasteiger partial charge < -0.3 is 10.6 Å². The number of alkyl halides is 3. The molecule has 2 N–H and O–H groups in total. The first kappa shape index (κ1) is 16.5. The highest BCUT2D eigenvalue weighted by Crippen LogP contribution is 2.21. The maximum Gasteiger partial charge on any atom is 0.401 e. The largest absolute Gasteiger partial charge is 0.401 e. The van der Waals surface area contributed by atoms with E-state index in [4.69, 9.17) is 0 Å². The van der Waals surface area contributed by atoms with Crippen molar-refractivity contribution in [2.24, 2.45) is 0 Å². The smallest absolute Gasteiger partial charge is 0.354 e. The molecule has 0 aromatic heterocycles. The number of benzene rings is 1. The summed E-state index contributed by atoms with van der Waals surface area (Å²) in [4.78, 5) is 11.5. The topological polar surface area (TPSA) is 41.1 Å². The molecule has 1 aromatic rings. The molecular formula is C14H19F3N2O. The maximum atomic E-state index is 11.9. The van der Waals surface area contributed by atoms with Gasteiger partial charge in [-0.3, -0.25) is 4.79 Å². The van der Waals surface area contributed by atoms with Crippen LogP contribution in [0.25, 0.3) is 0 Å². The van der Waals surface area contributed by atoms with Gasteiger partial charge in [-0.25, -0.2) is 0 Å². The number of carbonyl (C=O) groups excluding carboxylic acids is 1. The first-order chi connectivity index (χ1) is 9.21. The van der Waals surface area contributed by atoms with Crippen molar-refractivity contribution in [3.05, 3.63) is 35.9 Å². The Morgan fingerprint density at radius 1 is 1.10 bits per heavy atom. The molecule has 0 aliphatic carbocycles. The Morgan fingerprint density at radius 2 is 1.70 bits per heavy atom. The van der Waals surface area contributed by atoms with Crippen LogP contribution in [-0.4, -0.2) is 31.7 Å². The van der Waals surface area contributed by atoms with Crippen molar-refractivity contribution in [3.63, 3.8) is 0 Å². The Kier molecular flexibility index (Phi) is 5.56. The number of amides is 1. The Hall–Kier alpha value is -1.56. The molecule has 0 bridgehead atoms. The monoisotopic (exact) mass is 288 g/mol. The molecule has 0 heterocycles. The van der Waals surface area contributed by atoms with Gasteiger partial charge in [0, 0.05) is 12.0 Å². The fourth-order valence-electron chi connectivity index (χ4n) is 1.69. The van der Waals surface area contributed by atoms with Crippen LogP contribution in [0.1, 0.15) is 19.4 Å². The lowest BCUT2D eigenvalue weighted by Gasteiger charge is -2.25. The minimum atomic E-state index is -4.30. The molecule has 0 atom stereocenters. The molecule has 0 aliphatic heterocycles. The highest BCUT2D eigenvalue weighted by atomic mass is 19.4. The Labute approximate surface area is 116 Å². The lowest BCUT2D eigenvalue weighted by atomic mass is 9.84. The Morgan fingerprint density at radius 3 is 2.25 bits per heavy atom. The SMILES string of the molecule is CC(C)(CNC(=O)CNCC(F)(F)F)c1ccccc1. The normalized spacial score (nSPS) is 12.2. The average molecular weight is 288 g/mol. The van der Waals surface area contributed by atoms with Crippen molar-refractivity contribution >= 4 is 5.91 Å². The van der Waals surface area contributed by atoms with Crippen molar-refractivity contribution < 1.29 is 18.0 Å². The molecule has 1 amide bonds. The van der Waals surface area contributed by atoms with Gasteiger partial charge in [0.1, 0.15) is 0 Å². The lowest BCUT2D eigenvalue weighted by Crippen LogP contribution is -2.42. The first-order valence-corrected chi connectivity index (χ1v) is 6.30. The summed E-state index contributed by atoms with van der Waals surface area (Å²) in [5.41, 5.74) is 0.782. The molecule has 0 unspecified atom stereocenters. The average Bonchev–Trinajstić information content (AvgIpc) is 2.36. The second-order valence-corrected chi connectivity index (χ2v) is 5.25. The van der Waals surface area contributed by atoms with E-state index < -0.39 is 18.6 Å². The van der Waals surface area contributed by atoms with Gasteiger partial charge in [0.15, 0.2) is 0 Å². The minimum Gasteiger partial charge on any atom is -0.354 e. The molecular weight excluding hydrogens is 269 g/mol. The van der Waals surface area contributed by atoms with Crippen LogP contribution in [0.5, 0.6) is 0 Å². The van der Waals surface area contributed by atoms with E-state index in [-0.39, 0.29) is 12.0 Å². The minimum absolute atomic E-state index is 0.277. The Bertz CT molecular complexity index is 430. The van der Waals surface area contributed by atoms with Crippen molar-refractivity contribution in [1.29, 1.82) is 0 Å². The van der Waals surface area contributed by atoms with Gasteiger partial charge in [-0.2, -0.15) is 13.2 Å². The number of carbonyl (C=O) groups is 1. The highest BCUT2D eigenvalue weighted by molar-refractivity contribution is 5.78. The summed E-state index contributed by atoms with van der Waals surface area (Å²) < 4.78 is 35.7. The summed E-state index contributed by atoms with van der Waals surface area (Å²) in [5.74, 6) is -0.446.